The lowest BCUT2D eigenvalue weighted by Gasteiger charge is -2.35. The van der Waals surface area contributed by atoms with Crippen LogP contribution in [0.15, 0.2) is 18.3 Å². The molecular formula is C16H22N4S2. The number of rotatable bonds is 3. The SMILES string of the molecule is N#Cc1cccnc1N1CCC(NC2CSCCSC2)CC1. The van der Waals surface area contributed by atoms with Crippen molar-refractivity contribution >= 4 is 29.3 Å². The van der Waals surface area contributed by atoms with Gasteiger partial charge in [0.2, 0.25) is 0 Å². The molecule has 4 nitrogen and oxygen atoms in total. The molecule has 2 aliphatic heterocycles. The molecule has 1 aromatic heterocycles. The summed E-state index contributed by atoms with van der Waals surface area (Å²) in [5, 5.41) is 13.1. The Labute approximate surface area is 141 Å². The topological polar surface area (TPSA) is 52.0 Å². The fourth-order valence-electron chi connectivity index (χ4n) is 3.04. The predicted molar refractivity (Wildman–Crippen MR) is 95.8 cm³/mol. The first-order chi connectivity index (χ1) is 10.9. The molecule has 2 saturated heterocycles. The zero-order valence-corrected chi connectivity index (χ0v) is 14.3. The molecule has 0 aromatic carbocycles. The van der Waals surface area contributed by atoms with E-state index in [9.17, 15) is 5.26 Å². The van der Waals surface area contributed by atoms with E-state index in [1.54, 1.807) is 6.20 Å². The van der Waals surface area contributed by atoms with Crippen LogP contribution in [0.2, 0.25) is 0 Å². The highest BCUT2D eigenvalue weighted by molar-refractivity contribution is 8.03. The van der Waals surface area contributed by atoms with Crippen molar-refractivity contribution in [1.29, 1.82) is 5.26 Å². The summed E-state index contributed by atoms with van der Waals surface area (Å²) >= 11 is 4.15. The van der Waals surface area contributed by atoms with Gasteiger partial charge in [-0.15, -0.1) is 0 Å². The maximum absolute atomic E-state index is 9.21. The van der Waals surface area contributed by atoms with Crippen LogP contribution in [-0.2, 0) is 0 Å². The van der Waals surface area contributed by atoms with E-state index >= 15 is 0 Å². The molecule has 2 fully saturated rings. The second-order valence-corrected chi connectivity index (χ2v) is 8.06. The van der Waals surface area contributed by atoms with E-state index in [1.165, 1.54) is 23.0 Å². The predicted octanol–water partition coefficient (Wildman–Crippen LogP) is 2.36. The Balaban J connectivity index is 1.53. The number of hydrogen-bond donors (Lipinski definition) is 1. The van der Waals surface area contributed by atoms with Gasteiger partial charge in [0, 0.05) is 54.4 Å². The molecule has 2 aliphatic rings. The zero-order valence-electron chi connectivity index (χ0n) is 12.7. The minimum atomic E-state index is 0.606. The van der Waals surface area contributed by atoms with E-state index in [2.05, 4.69) is 44.8 Å². The molecule has 3 heterocycles. The third-order valence-electron chi connectivity index (χ3n) is 4.18. The average Bonchev–Trinajstić information content (AvgIpc) is 2.84. The number of nitrogens with one attached hydrogen (secondary N) is 1. The number of hydrogen-bond acceptors (Lipinski definition) is 6. The molecule has 1 aromatic rings. The Bertz CT molecular complexity index is 515. The summed E-state index contributed by atoms with van der Waals surface area (Å²) in [5.74, 6) is 5.91. The van der Waals surface area contributed by atoms with Crippen molar-refractivity contribution < 1.29 is 0 Å². The van der Waals surface area contributed by atoms with Gasteiger partial charge in [-0.2, -0.15) is 28.8 Å². The van der Waals surface area contributed by atoms with Crippen LogP contribution in [0, 0.1) is 11.3 Å². The number of piperidine rings is 1. The average molecular weight is 335 g/mol. The van der Waals surface area contributed by atoms with E-state index in [0.717, 1.165) is 31.7 Å². The van der Waals surface area contributed by atoms with E-state index in [0.29, 0.717) is 17.6 Å². The van der Waals surface area contributed by atoms with Crippen LogP contribution in [0.5, 0.6) is 0 Å². The second-order valence-electron chi connectivity index (χ2n) is 5.76. The maximum atomic E-state index is 9.21. The molecule has 0 amide bonds. The third-order valence-corrected chi connectivity index (χ3v) is 6.70. The fourth-order valence-corrected chi connectivity index (χ4v) is 5.46. The Morgan fingerprint density at radius 1 is 1.18 bits per heavy atom. The Kier molecular flexibility index (Phi) is 5.88. The molecule has 6 heteroatoms. The van der Waals surface area contributed by atoms with E-state index in [1.807, 2.05) is 12.1 Å². The van der Waals surface area contributed by atoms with Crippen molar-refractivity contribution in [2.75, 3.05) is 41.0 Å². The van der Waals surface area contributed by atoms with Crippen LogP contribution in [-0.4, -0.2) is 53.2 Å². The van der Waals surface area contributed by atoms with Gasteiger partial charge in [0.1, 0.15) is 11.9 Å². The van der Waals surface area contributed by atoms with Crippen molar-refractivity contribution in [3.8, 4) is 6.07 Å². The zero-order chi connectivity index (χ0) is 15.2. The first-order valence-corrected chi connectivity index (χ1v) is 10.2. The highest BCUT2D eigenvalue weighted by Crippen LogP contribution is 2.23. The first-order valence-electron chi connectivity index (χ1n) is 7.88. The van der Waals surface area contributed by atoms with Crippen molar-refractivity contribution in [1.82, 2.24) is 10.3 Å². The van der Waals surface area contributed by atoms with Gasteiger partial charge in [0.05, 0.1) is 5.56 Å². The molecule has 1 N–H and O–H groups in total. The number of nitriles is 1. The lowest BCUT2D eigenvalue weighted by Crippen LogP contribution is -2.48. The van der Waals surface area contributed by atoms with E-state index < -0.39 is 0 Å². The van der Waals surface area contributed by atoms with Crippen LogP contribution in [0.25, 0.3) is 0 Å². The Morgan fingerprint density at radius 3 is 2.59 bits per heavy atom. The molecule has 0 saturated carbocycles. The van der Waals surface area contributed by atoms with Crippen molar-refractivity contribution in [3.05, 3.63) is 23.9 Å². The molecular weight excluding hydrogens is 312 g/mol. The fraction of sp³-hybridized carbons (Fsp3) is 0.625. The minimum Gasteiger partial charge on any atom is -0.355 e. The van der Waals surface area contributed by atoms with Crippen LogP contribution in [0.3, 0.4) is 0 Å². The van der Waals surface area contributed by atoms with Gasteiger partial charge < -0.3 is 10.2 Å². The normalized spacial score (nSPS) is 21.3. The van der Waals surface area contributed by atoms with Gasteiger partial charge >= 0.3 is 0 Å². The quantitative estimate of drug-likeness (QED) is 0.916. The maximum Gasteiger partial charge on any atom is 0.146 e. The van der Waals surface area contributed by atoms with Crippen molar-refractivity contribution in [2.24, 2.45) is 0 Å². The van der Waals surface area contributed by atoms with Gasteiger partial charge in [0.25, 0.3) is 0 Å². The number of thioether (sulfide) groups is 2. The van der Waals surface area contributed by atoms with Crippen molar-refractivity contribution in [2.45, 2.75) is 24.9 Å². The first kappa shape index (κ1) is 16.0. The van der Waals surface area contributed by atoms with Crippen LogP contribution < -0.4 is 10.2 Å². The standard InChI is InChI=1S/C16H22N4S2/c17-10-13-2-1-5-18-16(13)20-6-3-14(4-7-20)19-15-11-21-8-9-22-12-15/h1-2,5,14-15,19H,3-4,6-9,11-12H2. The summed E-state index contributed by atoms with van der Waals surface area (Å²) in [5.41, 5.74) is 0.686. The van der Waals surface area contributed by atoms with Crippen LogP contribution in [0.1, 0.15) is 18.4 Å². The van der Waals surface area contributed by atoms with Crippen LogP contribution >= 0.6 is 23.5 Å². The Morgan fingerprint density at radius 2 is 1.91 bits per heavy atom. The highest BCUT2D eigenvalue weighted by Gasteiger charge is 2.24. The summed E-state index contributed by atoms with van der Waals surface area (Å²) in [6.07, 6.45) is 4.04. The molecule has 118 valence electrons. The lowest BCUT2D eigenvalue weighted by molar-refractivity contribution is 0.390. The molecule has 0 radical (unpaired) electrons. The van der Waals surface area contributed by atoms with Crippen molar-refractivity contribution in [3.63, 3.8) is 0 Å². The molecule has 0 bridgehead atoms. The molecule has 22 heavy (non-hydrogen) atoms. The summed E-state index contributed by atoms with van der Waals surface area (Å²) < 4.78 is 0. The monoisotopic (exact) mass is 334 g/mol. The summed E-state index contributed by atoms with van der Waals surface area (Å²) in [4.78, 5) is 6.66. The minimum absolute atomic E-state index is 0.606. The highest BCUT2D eigenvalue weighted by atomic mass is 32.2. The van der Waals surface area contributed by atoms with Gasteiger partial charge in [-0.05, 0) is 25.0 Å². The number of pyridine rings is 1. The summed E-state index contributed by atoms with van der Waals surface area (Å²) in [6, 6.07) is 7.19. The van der Waals surface area contributed by atoms with Gasteiger partial charge in [-0.25, -0.2) is 4.98 Å². The van der Waals surface area contributed by atoms with Gasteiger partial charge in [-0.1, -0.05) is 0 Å². The smallest absolute Gasteiger partial charge is 0.146 e. The molecule has 0 unspecified atom stereocenters. The number of aromatic nitrogens is 1. The van der Waals surface area contributed by atoms with Gasteiger partial charge in [0.15, 0.2) is 0 Å². The van der Waals surface area contributed by atoms with Crippen LogP contribution in [0.4, 0.5) is 5.82 Å². The molecule has 0 aliphatic carbocycles. The second kappa shape index (κ2) is 8.09. The van der Waals surface area contributed by atoms with E-state index in [4.69, 9.17) is 0 Å². The molecule has 0 atom stereocenters. The lowest BCUT2D eigenvalue weighted by atomic mass is 10.0. The largest absolute Gasteiger partial charge is 0.355 e. The summed E-state index contributed by atoms with van der Waals surface area (Å²) in [6.45, 7) is 1.97. The number of nitrogens with zero attached hydrogens (tertiary/aromatic N) is 3. The summed E-state index contributed by atoms with van der Waals surface area (Å²) in [7, 11) is 0. The van der Waals surface area contributed by atoms with E-state index in [-0.39, 0.29) is 0 Å². The third kappa shape index (κ3) is 4.09. The Hall–Kier alpha value is -0.900. The number of anilines is 1. The molecule has 3 rings (SSSR count). The van der Waals surface area contributed by atoms with Gasteiger partial charge in [-0.3, -0.25) is 0 Å². The molecule has 0 spiro atoms.